The van der Waals surface area contributed by atoms with Gasteiger partial charge in [0.05, 0.1) is 24.8 Å². The Morgan fingerprint density at radius 3 is 2.60 bits per heavy atom. The zero-order chi connectivity index (χ0) is 18.2. The van der Waals surface area contributed by atoms with Gasteiger partial charge in [-0.25, -0.2) is 4.79 Å². The lowest BCUT2D eigenvalue weighted by atomic mass is 9.79. The molecule has 0 saturated carbocycles. The fourth-order valence-corrected chi connectivity index (χ4v) is 3.04. The first-order chi connectivity index (χ1) is 11.8. The lowest BCUT2D eigenvalue weighted by Gasteiger charge is -2.36. The molecule has 0 aromatic heterocycles. The highest BCUT2D eigenvalue weighted by atomic mass is 19.4. The number of ether oxygens (including phenoxy) is 2. The number of hydrogen-bond acceptors (Lipinski definition) is 4. The number of halogens is 3. The number of esters is 1. The van der Waals surface area contributed by atoms with Crippen molar-refractivity contribution in [3.8, 4) is 5.75 Å². The molecule has 1 N–H and O–H groups in total. The third kappa shape index (κ3) is 2.95. The van der Waals surface area contributed by atoms with Crippen LogP contribution < -0.4 is 4.74 Å². The first-order valence-corrected chi connectivity index (χ1v) is 7.52. The van der Waals surface area contributed by atoms with Crippen LogP contribution in [0.2, 0.25) is 0 Å². The summed E-state index contributed by atoms with van der Waals surface area (Å²) in [5.41, 5.74) is -2.89. The van der Waals surface area contributed by atoms with Crippen LogP contribution in [-0.4, -0.2) is 24.8 Å². The minimum atomic E-state index is -4.62. The van der Waals surface area contributed by atoms with Crippen molar-refractivity contribution in [1.29, 1.82) is 0 Å². The first kappa shape index (κ1) is 17.3. The van der Waals surface area contributed by atoms with Gasteiger partial charge in [-0.05, 0) is 24.3 Å². The molecule has 0 aliphatic carbocycles. The number of rotatable bonds is 2. The molecule has 0 radical (unpaired) electrons. The highest BCUT2D eigenvalue weighted by molar-refractivity contribution is 5.90. The van der Waals surface area contributed by atoms with E-state index in [9.17, 15) is 23.1 Å². The number of hydrogen-bond donors (Lipinski definition) is 1. The minimum Gasteiger partial charge on any atom is -0.493 e. The fraction of sp³-hybridized carbons (Fsp3) is 0.278. The average molecular weight is 352 g/mol. The topological polar surface area (TPSA) is 55.8 Å². The van der Waals surface area contributed by atoms with E-state index in [0.717, 1.165) is 6.07 Å². The summed E-state index contributed by atoms with van der Waals surface area (Å²) in [6.45, 7) is 0.0489. The van der Waals surface area contributed by atoms with E-state index in [1.807, 2.05) is 0 Å². The van der Waals surface area contributed by atoms with E-state index in [0.29, 0.717) is 0 Å². The third-order valence-corrected chi connectivity index (χ3v) is 4.25. The van der Waals surface area contributed by atoms with Gasteiger partial charge in [-0.2, -0.15) is 13.2 Å². The molecule has 1 aliphatic heterocycles. The van der Waals surface area contributed by atoms with Gasteiger partial charge in [0.25, 0.3) is 0 Å². The van der Waals surface area contributed by atoms with E-state index >= 15 is 0 Å². The Morgan fingerprint density at radius 1 is 1.20 bits per heavy atom. The standard InChI is InChI=1S/C18H15F3O4/c1-24-16(22)11-6-7-15-14(10-11)17(23,8-9-25-15)12-4-2-3-5-13(12)18(19,20)21/h2-7,10,23H,8-9H2,1H3. The molecule has 2 aromatic rings. The smallest absolute Gasteiger partial charge is 0.416 e. The SMILES string of the molecule is COC(=O)c1ccc2c(c1)C(O)(c1ccccc1C(F)(F)F)CCO2. The first-order valence-electron chi connectivity index (χ1n) is 7.52. The van der Waals surface area contributed by atoms with Crippen LogP contribution in [-0.2, 0) is 16.5 Å². The number of carbonyl (C=O) groups is 1. The van der Waals surface area contributed by atoms with Crippen molar-refractivity contribution in [3.63, 3.8) is 0 Å². The Balaban J connectivity index is 2.21. The van der Waals surface area contributed by atoms with E-state index in [1.165, 1.54) is 43.5 Å². The van der Waals surface area contributed by atoms with Crippen molar-refractivity contribution in [1.82, 2.24) is 0 Å². The van der Waals surface area contributed by atoms with E-state index in [-0.39, 0.29) is 35.5 Å². The zero-order valence-electron chi connectivity index (χ0n) is 13.3. The Kier molecular flexibility index (Phi) is 4.20. The summed E-state index contributed by atoms with van der Waals surface area (Å²) in [5, 5.41) is 11.2. The van der Waals surface area contributed by atoms with Crippen LogP contribution in [0.25, 0.3) is 0 Å². The molecule has 3 rings (SSSR count). The van der Waals surface area contributed by atoms with Crippen LogP contribution >= 0.6 is 0 Å². The fourth-order valence-electron chi connectivity index (χ4n) is 3.04. The Hall–Kier alpha value is -2.54. The molecule has 1 aliphatic rings. The van der Waals surface area contributed by atoms with Crippen molar-refractivity contribution < 1.29 is 32.5 Å². The van der Waals surface area contributed by atoms with Gasteiger partial charge in [-0.3, -0.25) is 0 Å². The lowest BCUT2D eigenvalue weighted by molar-refractivity contribution is -0.140. The molecule has 0 bridgehead atoms. The van der Waals surface area contributed by atoms with Gasteiger partial charge in [0, 0.05) is 17.5 Å². The zero-order valence-corrected chi connectivity index (χ0v) is 13.3. The molecule has 25 heavy (non-hydrogen) atoms. The molecule has 132 valence electrons. The van der Waals surface area contributed by atoms with Crippen LogP contribution in [0.3, 0.4) is 0 Å². The minimum absolute atomic E-state index is 0.0489. The summed E-state index contributed by atoms with van der Waals surface area (Å²) in [6, 6.07) is 9.05. The molecule has 4 nitrogen and oxygen atoms in total. The van der Waals surface area contributed by atoms with Gasteiger partial charge < -0.3 is 14.6 Å². The van der Waals surface area contributed by atoms with Crippen molar-refractivity contribution >= 4 is 5.97 Å². The molecule has 1 unspecified atom stereocenters. The van der Waals surface area contributed by atoms with Crippen molar-refractivity contribution in [2.24, 2.45) is 0 Å². The van der Waals surface area contributed by atoms with Gasteiger partial charge in [0.15, 0.2) is 0 Å². The van der Waals surface area contributed by atoms with E-state index in [2.05, 4.69) is 4.74 Å². The molecule has 7 heteroatoms. The molecular formula is C18H15F3O4. The van der Waals surface area contributed by atoms with Gasteiger partial charge in [0.2, 0.25) is 0 Å². The summed E-state index contributed by atoms with van der Waals surface area (Å²) in [6.07, 6.45) is -4.69. The number of benzene rings is 2. The summed E-state index contributed by atoms with van der Waals surface area (Å²) >= 11 is 0. The lowest BCUT2D eigenvalue weighted by Crippen LogP contribution is -2.36. The Labute approximate surface area is 141 Å². The number of methoxy groups -OCH3 is 1. The van der Waals surface area contributed by atoms with Crippen LogP contribution in [0.5, 0.6) is 5.75 Å². The monoisotopic (exact) mass is 352 g/mol. The van der Waals surface area contributed by atoms with Crippen molar-refractivity contribution in [2.45, 2.75) is 18.2 Å². The van der Waals surface area contributed by atoms with Crippen LogP contribution in [0.4, 0.5) is 13.2 Å². The maximum absolute atomic E-state index is 13.4. The van der Waals surface area contributed by atoms with Gasteiger partial charge in [-0.1, -0.05) is 18.2 Å². The highest BCUT2D eigenvalue weighted by Crippen LogP contribution is 2.46. The number of alkyl halides is 3. The molecule has 2 aromatic carbocycles. The molecule has 0 amide bonds. The molecular weight excluding hydrogens is 337 g/mol. The van der Waals surface area contributed by atoms with Gasteiger partial charge in [0.1, 0.15) is 11.4 Å². The number of carbonyl (C=O) groups excluding carboxylic acids is 1. The largest absolute Gasteiger partial charge is 0.493 e. The van der Waals surface area contributed by atoms with Crippen LogP contribution in [0.15, 0.2) is 42.5 Å². The number of aliphatic hydroxyl groups is 1. The Morgan fingerprint density at radius 2 is 1.92 bits per heavy atom. The summed E-state index contributed by atoms with van der Waals surface area (Å²) in [5.74, 6) is -0.418. The maximum Gasteiger partial charge on any atom is 0.416 e. The van der Waals surface area contributed by atoms with Crippen LogP contribution in [0.1, 0.15) is 33.5 Å². The second-order valence-corrected chi connectivity index (χ2v) is 5.70. The molecule has 0 spiro atoms. The number of fused-ring (bicyclic) bond motifs is 1. The summed E-state index contributed by atoms with van der Waals surface area (Å²) < 4.78 is 50.3. The average Bonchev–Trinajstić information content (AvgIpc) is 2.60. The van der Waals surface area contributed by atoms with E-state index in [1.54, 1.807) is 0 Å². The maximum atomic E-state index is 13.4. The predicted octanol–water partition coefficient (Wildman–Crippen LogP) is 3.51. The third-order valence-electron chi connectivity index (χ3n) is 4.25. The quantitative estimate of drug-likeness (QED) is 0.841. The van der Waals surface area contributed by atoms with E-state index < -0.39 is 23.3 Å². The van der Waals surface area contributed by atoms with Crippen molar-refractivity contribution in [3.05, 3.63) is 64.7 Å². The predicted molar refractivity (Wildman–Crippen MR) is 82.3 cm³/mol. The molecule has 1 heterocycles. The summed E-state index contributed by atoms with van der Waals surface area (Å²) in [7, 11) is 1.20. The van der Waals surface area contributed by atoms with Gasteiger partial charge in [-0.15, -0.1) is 0 Å². The Bertz CT molecular complexity index is 816. The molecule has 0 fully saturated rings. The normalized spacial score (nSPS) is 19.7. The molecule has 1 atom stereocenters. The van der Waals surface area contributed by atoms with Gasteiger partial charge >= 0.3 is 12.1 Å². The second kappa shape index (κ2) is 6.07. The summed E-state index contributed by atoms with van der Waals surface area (Å²) in [4.78, 5) is 11.7. The van der Waals surface area contributed by atoms with Crippen LogP contribution in [0, 0.1) is 0 Å². The van der Waals surface area contributed by atoms with E-state index in [4.69, 9.17) is 4.74 Å². The second-order valence-electron chi connectivity index (χ2n) is 5.70. The molecule has 0 saturated heterocycles. The van der Waals surface area contributed by atoms with Crippen molar-refractivity contribution in [2.75, 3.05) is 13.7 Å². The highest BCUT2D eigenvalue weighted by Gasteiger charge is 2.44.